The minimum absolute atomic E-state index is 0.123. The fourth-order valence-corrected chi connectivity index (χ4v) is 2.92. The van der Waals surface area contributed by atoms with E-state index in [1.165, 1.54) is 13.2 Å². The number of rotatable bonds is 10. The number of amides is 1. The third-order valence-electron chi connectivity index (χ3n) is 4.50. The van der Waals surface area contributed by atoms with E-state index in [4.69, 9.17) is 14.2 Å². The molecular formula is C24H25FN2O4. The number of hydrogen-bond donors (Lipinski definition) is 1. The third-order valence-corrected chi connectivity index (χ3v) is 4.50. The number of ether oxygens (including phenoxy) is 3. The van der Waals surface area contributed by atoms with Gasteiger partial charge >= 0.3 is 0 Å². The highest BCUT2D eigenvalue weighted by Gasteiger charge is 2.07. The maximum Gasteiger partial charge on any atom is 0.220 e. The largest absolute Gasteiger partial charge is 0.494 e. The molecule has 3 rings (SSSR count). The van der Waals surface area contributed by atoms with Crippen molar-refractivity contribution < 1.29 is 23.4 Å². The van der Waals surface area contributed by atoms with Crippen LogP contribution in [0.4, 0.5) is 4.39 Å². The first-order valence-electron chi connectivity index (χ1n) is 10.0. The smallest absolute Gasteiger partial charge is 0.220 e. The van der Waals surface area contributed by atoms with E-state index >= 15 is 0 Å². The number of carbonyl (C=O) groups excluding carboxylic acids is 1. The molecule has 1 N–H and O–H groups in total. The molecule has 0 aliphatic carbocycles. The van der Waals surface area contributed by atoms with Crippen molar-refractivity contribution in [2.45, 2.75) is 26.3 Å². The first kappa shape index (κ1) is 22.1. The Morgan fingerprint density at radius 1 is 1.03 bits per heavy atom. The van der Waals surface area contributed by atoms with E-state index in [1.807, 2.05) is 37.3 Å². The molecule has 0 aliphatic rings. The van der Waals surface area contributed by atoms with Crippen molar-refractivity contribution in [2.24, 2.45) is 0 Å². The molecule has 0 aliphatic heterocycles. The molecule has 0 saturated carbocycles. The zero-order chi connectivity index (χ0) is 22.1. The van der Waals surface area contributed by atoms with Crippen LogP contribution >= 0.6 is 0 Å². The van der Waals surface area contributed by atoms with Gasteiger partial charge in [-0.2, -0.15) is 0 Å². The van der Waals surface area contributed by atoms with Crippen molar-refractivity contribution in [1.82, 2.24) is 10.3 Å². The summed E-state index contributed by atoms with van der Waals surface area (Å²) in [7, 11) is 1.42. The minimum Gasteiger partial charge on any atom is -0.494 e. The summed E-state index contributed by atoms with van der Waals surface area (Å²) < 4.78 is 29.8. The van der Waals surface area contributed by atoms with E-state index in [2.05, 4.69) is 10.3 Å². The lowest BCUT2D eigenvalue weighted by Gasteiger charge is -2.09. The van der Waals surface area contributed by atoms with Gasteiger partial charge in [0.05, 0.1) is 13.7 Å². The van der Waals surface area contributed by atoms with Gasteiger partial charge in [0.2, 0.25) is 11.8 Å². The lowest BCUT2D eigenvalue weighted by Crippen LogP contribution is -2.23. The number of hydrogen-bond acceptors (Lipinski definition) is 5. The summed E-state index contributed by atoms with van der Waals surface area (Å²) in [6.45, 7) is 2.88. The number of halogens is 1. The fourth-order valence-electron chi connectivity index (χ4n) is 2.92. The van der Waals surface area contributed by atoms with Gasteiger partial charge < -0.3 is 19.5 Å². The van der Waals surface area contributed by atoms with Crippen LogP contribution in [0.5, 0.6) is 23.1 Å². The van der Waals surface area contributed by atoms with Crippen LogP contribution in [0, 0.1) is 5.82 Å². The Hall–Kier alpha value is -3.61. The Balaban J connectivity index is 1.49. The summed E-state index contributed by atoms with van der Waals surface area (Å²) >= 11 is 0. The molecule has 1 amide bonds. The lowest BCUT2D eigenvalue weighted by molar-refractivity contribution is -0.121. The molecule has 0 radical (unpaired) electrons. The summed E-state index contributed by atoms with van der Waals surface area (Å²) in [5.74, 6) is 1.48. The summed E-state index contributed by atoms with van der Waals surface area (Å²) in [6.07, 6.45) is 2.33. The molecule has 0 atom stereocenters. The van der Waals surface area contributed by atoms with Gasteiger partial charge in [-0.15, -0.1) is 0 Å². The van der Waals surface area contributed by atoms with Gasteiger partial charge in [0.15, 0.2) is 11.6 Å². The van der Waals surface area contributed by atoms with Crippen molar-refractivity contribution in [3.05, 3.63) is 77.7 Å². The molecule has 162 valence electrons. The second kappa shape index (κ2) is 11.0. The molecule has 6 nitrogen and oxygen atoms in total. The van der Waals surface area contributed by atoms with Gasteiger partial charge in [-0.05, 0) is 66.9 Å². The van der Waals surface area contributed by atoms with E-state index in [9.17, 15) is 9.18 Å². The minimum atomic E-state index is -0.433. The fraction of sp³-hybridized carbons (Fsp3) is 0.250. The average molecular weight is 424 g/mol. The highest BCUT2D eigenvalue weighted by atomic mass is 19.1. The molecule has 0 bridgehead atoms. The van der Waals surface area contributed by atoms with Gasteiger partial charge in [-0.3, -0.25) is 4.79 Å². The van der Waals surface area contributed by atoms with Crippen LogP contribution in [0.2, 0.25) is 0 Å². The van der Waals surface area contributed by atoms with Crippen LogP contribution in [-0.4, -0.2) is 24.6 Å². The highest BCUT2D eigenvalue weighted by Crippen LogP contribution is 2.23. The molecule has 31 heavy (non-hydrogen) atoms. The second-order valence-corrected chi connectivity index (χ2v) is 6.75. The van der Waals surface area contributed by atoms with Gasteiger partial charge in [0, 0.05) is 25.2 Å². The van der Waals surface area contributed by atoms with Crippen LogP contribution in [0.3, 0.4) is 0 Å². The van der Waals surface area contributed by atoms with Crippen LogP contribution in [0.25, 0.3) is 0 Å². The summed E-state index contributed by atoms with van der Waals surface area (Å²) in [5.41, 5.74) is 1.60. The molecular weight excluding hydrogens is 399 g/mol. The monoisotopic (exact) mass is 424 g/mol. The van der Waals surface area contributed by atoms with E-state index in [-0.39, 0.29) is 18.1 Å². The van der Waals surface area contributed by atoms with Crippen LogP contribution < -0.4 is 19.5 Å². The molecule has 0 spiro atoms. The van der Waals surface area contributed by atoms with Crippen LogP contribution in [0.1, 0.15) is 24.5 Å². The third kappa shape index (κ3) is 6.70. The zero-order valence-corrected chi connectivity index (χ0v) is 17.6. The van der Waals surface area contributed by atoms with E-state index in [1.54, 1.807) is 24.4 Å². The van der Waals surface area contributed by atoms with Crippen molar-refractivity contribution >= 4 is 5.91 Å². The van der Waals surface area contributed by atoms with E-state index < -0.39 is 5.82 Å². The SMILES string of the molecule is CCOc1ccc(Oc2cc(CNC(=O)CCc3ccc(OC)c(F)c3)ccn2)cc1. The number of pyridine rings is 1. The first-order chi connectivity index (χ1) is 15.1. The maximum absolute atomic E-state index is 13.7. The Kier molecular flexibility index (Phi) is 7.81. The zero-order valence-electron chi connectivity index (χ0n) is 17.6. The Morgan fingerprint density at radius 2 is 1.81 bits per heavy atom. The molecule has 0 fully saturated rings. The Labute approximate surface area is 181 Å². The van der Waals surface area contributed by atoms with E-state index in [0.29, 0.717) is 31.2 Å². The van der Waals surface area contributed by atoms with Crippen LogP contribution in [-0.2, 0) is 17.8 Å². The molecule has 2 aromatic carbocycles. The number of nitrogens with zero attached hydrogens (tertiary/aromatic N) is 1. The van der Waals surface area contributed by atoms with E-state index in [0.717, 1.165) is 16.9 Å². The number of benzene rings is 2. The van der Waals surface area contributed by atoms with Gasteiger partial charge in [-0.25, -0.2) is 9.37 Å². The molecule has 0 saturated heterocycles. The van der Waals surface area contributed by atoms with Crippen molar-refractivity contribution in [2.75, 3.05) is 13.7 Å². The van der Waals surface area contributed by atoms with Crippen molar-refractivity contribution in [1.29, 1.82) is 0 Å². The normalized spacial score (nSPS) is 10.4. The number of aromatic nitrogens is 1. The molecule has 1 aromatic heterocycles. The maximum atomic E-state index is 13.7. The lowest BCUT2D eigenvalue weighted by atomic mass is 10.1. The van der Waals surface area contributed by atoms with Crippen molar-refractivity contribution in [3.63, 3.8) is 0 Å². The summed E-state index contributed by atoms with van der Waals surface area (Å²) in [5, 5.41) is 2.86. The second-order valence-electron chi connectivity index (χ2n) is 6.75. The van der Waals surface area contributed by atoms with Gasteiger partial charge in [0.1, 0.15) is 11.5 Å². The van der Waals surface area contributed by atoms with Gasteiger partial charge in [0.25, 0.3) is 0 Å². The number of methoxy groups -OCH3 is 1. The van der Waals surface area contributed by atoms with Gasteiger partial charge in [-0.1, -0.05) is 6.07 Å². The van der Waals surface area contributed by atoms with Crippen LogP contribution in [0.15, 0.2) is 60.8 Å². The standard InChI is InChI=1S/C24H25FN2O4/c1-3-30-19-6-8-20(9-7-19)31-24-15-18(12-13-26-24)16-27-23(28)11-5-17-4-10-22(29-2)21(25)14-17/h4,6-10,12-15H,3,5,11,16H2,1-2H3,(H,27,28). The Bertz CT molecular complexity index is 1010. The number of aryl methyl sites for hydroxylation is 1. The molecule has 1 heterocycles. The summed E-state index contributed by atoms with van der Waals surface area (Å²) in [4.78, 5) is 16.4. The molecule has 3 aromatic rings. The molecule has 0 unspecified atom stereocenters. The summed E-state index contributed by atoms with van der Waals surface area (Å²) in [6, 6.07) is 15.6. The quantitative estimate of drug-likeness (QED) is 0.512. The predicted octanol–water partition coefficient (Wildman–Crippen LogP) is 4.67. The predicted molar refractivity (Wildman–Crippen MR) is 115 cm³/mol. The average Bonchev–Trinajstić information content (AvgIpc) is 2.78. The Morgan fingerprint density at radius 3 is 2.52 bits per heavy atom. The number of nitrogens with one attached hydrogen (secondary N) is 1. The number of carbonyl (C=O) groups is 1. The molecule has 7 heteroatoms. The topological polar surface area (TPSA) is 69.7 Å². The van der Waals surface area contributed by atoms with Crippen molar-refractivity contribution in [3.8, 4) is 23.1 Å². The highest BCUT2D eigenvalue weighted by molar-refractivity contribution is 5.76. The first-order valence-corrected chi connectivity index (χ1v) is 10.0.